The minimum absolute atomic E-state index is 0. The quantitative estimate of drug-likeness (QED) is 0.205. The predicted octanol–water partition coefficient (Wildman–Crippen LogP) is 2.55. The van der Waals surface area contributed by atoms with Crippen LogP contribution in [-0.2, 0) is 10.1 Å². The van der Waals surface area contributed by atoms with Crippen molar-refractivity contribution in [1.82, 2.24) is 0 Å². The Labute approximate surface area is 185 Å². The molecule has 0 amide bonds. The fourth-order valence-corrected chi connectivity index (χ4v) is 3.62. The van der Waals surface area contributed by atoms with Crippen molar-refractivity contribution < 1.29 is 47.6 Å². The molecule has 26 heavy (non-hydrogen) atoms. The van der Waals surface area contributed by atoms with Crippen molar-refractivity contribution in [3.05, 3.63) is 0 Å². The molecule has 0 fully saturated rings. The molecule has 0 aliphatic heterocycles. The number of hydrogen-bond donors (Lipinski definition) is 1. The molecule has 4 nitrogen and oxygen atoms in total. The summed E-state index contributed by atoms with van der Waals surface area (Å²) in [6, 6.07) is 0. The third-order valence-electron chi connectivity index (χ3n) is 5.01. The molecule has 0 aliphatic rings. The Morgan fingerprint density at radius 2 is 0.923 bits per heavy atom. The fourth-order valence-electron chi connectivity index (χ4n) is 3.16. The van der Waals surface area contributed by atoms with Gasteiger partial charge in [-0.25, -0.2) is 8.42 Å². The second-order valence-corrected chi connectivity index (χ2v) is 9.26. The van der Waals surface area contributed by atoms with Gasteiger partial charge in [0.25, 0.3) is 0 Å². The molecule has 0 radical (unpaired) electrons. The zero-order chi connectivity index (χ0) is 18.8. The smallest absolute Gasteiger partial charge is 0.748 e. The number of rotatable bonds is 19. The molecular weight excluding hydrogens is 359 g/mol. The van der Waals surface area contributed by atoms with Crippen LogP contribution in [0.2, 0.25) is 0 Å². The Morgan fingerprint density at radius 3 is 1.19 bits per heavy atom. The van der Waals surface area contributed by atoms with Crippen molar-refractivity contribution in [3.8, 4) is 0 Å². The first-order valence-corrected chi connectivity index (χ1v) is 12.0. The fraction of sp³-hybridized carbons (Fsp3) is 1.00. The molecule has 6 heteroatoms. The van der Waals surface area contributed by atoms with E-state index in [1.54, 1.807) is 0 Å². The predicted molar refractivity (Wildman–Crippen MR) is 105 cm³/mol. The van der Waals surface area contributed by atoms with Crippen LogP contribution < -0.4 is 29.6 Å². The van der Waals surface area contributed by atoms with Gasteiger partial charge in [0.2, 0.25) is 0 Å². The van der Waals surface area contributed by atoms with Crippen LogP contribution in [0, 0.1) is 0 Å². The maximum atomic E-state index is 10.8. The van der Waals surface area contributed by atoms with Gasteiger partial charge in [-0.1, -0.05) is 96.3 Å². The average Bonchev–Trinajstić information content (AvgIpc) is 2.56. The van der Waals surface area contributed by atoms with Gasteiger partial charge < -0.3 is 9.66 Å². The van der Waals surface area contributed by atoms with E-state index in [1.807, 2.05) is 0 Å². The minimum atomic E-state index is -4.08. The summed E-state index contributed by atoms with van der Waals surface area (Å²) in [4.78, 5) is 0. The number of unbranched alkanes of at least 4 members (excludes halogenated alkanes) is 15. The summed E-state index contributed by atoms with van der Waals surface area (Å²) >= 11 is 0. The SMILES string of the molecule is CC(CCCCCCCCCCCCCCCCCCO)S(=O)(=O)[O-].[Na+]. The van der Waals surface area contributed by atoms with Crippen LogP contribution in [0.1, 0.15) is 116 Å². The first-order valence-electron chi connectivity index (χ1n) is 10.5. The Bertz CT molecular complexity index is 374. The van der Waals surface area contributed by atoms with E-state index >= 15 is 0 Å². The van der Waals surface area contributed by atoms with Crippen molar-refractivity contribution in [2.24, 2.45) is 0 Å². The van der Waals surface area contributed by atoms with Crippen LogP contribution in [0.5, 0.6) is 0 Å². The second-order valence-electron chi connectivity index (χ2n) is 7.47. The molecule has 1 N–H and O–H groups in total. The molecule has 0 spiro atoms. The zero-order valence-corrected chi connectivity index (χ0v) is 20.2. The van der Waals surface area contributed by atoms with Gasteiger partial charge in [-0.05, 0) is 19.8 Å². The van der Waals surface area contributed by atoms with E-state index in [0.717, 1.165) is 25.7 Å². The van der Waals surface area contributed by atoms with Gasteiger partial charge in [0.05, 0.1) is 10.1 Å². The van der Waals surface area contributed by atoms with Gasteiger partial charge in [0, 0.05) is 11.9 Å². The van der Waals surface area contributed by atoms with E-state index < -0.39 is 15.4 Å². The summed E-state index contributed by atoms with van der Waals surface area (Å²) in [6.45, 7) is 1.85. The molecule has 0 saturated carbocycles. The molecule has 0 saturated heterocycles. The van der Waals surface area contributed by atoms with E-state index in [9.17, 15) is 13.0 Å². The number of aliphatic hydroxyl groups excluding tert-OH is 1. The summed E-state index contributed by atoms with van der Waals surface area (Å²) in [5, 5.41) is 7.97. The maximum Gasteiger partial charge on any atom is 1.00 e. The summed E-state index contributed by atoms with van der Waals surface area (Å²) in [5.41, 5.74) is 0. The molecule has 1 atom stereocenters. The Morgan fingerprint density at radius 1 is 0.654 bits per heavy atom. The summed E-state index contributed by atoms with van der Waals surface area (Å²) in [5.74, 6) is 0. The topological polar surface area (TPSA) is 77.4 Å². The average molecular weight is 401 g/mol. The Kier molecular flexibility index (Phi) is 23.0. The van der Waals surface area contributed by atoms with Crippen LogP contribution in [-0.4, -0.2) is 29.9 Å². The molecule has 0 heterocycles. The minimum Gasteiger partial charge on any atom is -0.748 e. The van der Waals surface area contributed by atoms with E-state index in [1.165, 1.54) is 84.0 Å². The molecule has 0 aromatic heterocycles. The summed E-state index contributed by atoms with van der Waals surface area (Å²) in [7, 11) is -4.08. The van der Waals surface area contributed by atoms with Crippen LogP contribution in [0.3, 0.4) is 0 Å². The number of aliphatic hydroxyl groups is 1. The Hall–Kier alpha value is 0.870. The molecule has 0 bridgehead atoms. The van der Waals surface area contributed by atoms with E-state index in [-0.39, 0.29) is 29.6 Å². The largest absolute Gasteiger partial charge is 1.00 e. The molecule has 0 aromatic rings. The van der Waals surface area contributed by atoms with Crippen LogP contribution in [0.4, 0.5) is 0 Å². The van der Waals surface area contributed by atoms with Crippen molar-refractivity contribution >= 4 is 10.1 Å². The standard InChI is InChI=1S/C20H42O4S.Na/c1-20(25(22,23)24)18-16-14-12-10-8-6-4-2-3-5-7-9-11-13-15-17-19-21;/h20-21H,2-19H2,1H3,(H,22,23,24);/q;+1/p-1. The third-order valence-corrected chi connectivity index (χ3v) is 6.23. The van der Waals surface area contributed by atoms with E-state index in [0.29, 0.717) is 13.0 Å². The summed E-state index contributed by atoms with van der Waals surface area (Å²) < 4.78 is 32.3. The first-order chi connectivity index (χ1) is 12.0. The molecule has 152 valence electrons. The third kappa shape index (κ3) is 21.2. The van der Waals surface area contributed by atoms with Gasteiger partial charge in [-0.2, -0.15) is 0 Å². The van der Waals surface area contributed by atoms with E-state index in [2.05, 4.69) is 0 Å². The molecule has 0 aromatic carbocycles. The van der Waals surface area contributed by atoms with Gasteiger partial charge in [0.15, 0.2) is 0 Å². The van der Waals surface area contributed by atoms with Crippen LogP contribution in [0.15, 0.2) is 0 Å². The van der Waals surface area contributed by atoms with E-state index in [4.69, 9.17) is 5.11 Å². The van der Waals surface area contributed by atoms with Crippen molar-refractivity contribution in [3.63, 3.8) is 0 Å². The zero-order valence-electron chi connectivity index (χ0n) is 17.4. The molecular formula is C20H41NaO4S. The van der Waals surface area contributed by atoms with Gasteiger partial charge in [0.1, 0.15) is 0 Å². The normalized spacial score (nSPS) is 12.7. The Balaban J connectivity index is 0. The maximum absolute atomic E-state index is 10.8. The molecule has 0 rings (SSSR count). The van der Waals surface area contributed by atoms with Crippen molar-refractivity contribution in [2.75, 3.05) is 6.61 Å². The monoisotopic (exact) mass is 400 g/mol. The van der Waals surface area contributed by atoms with Crippen molar-refractivity contribution in [1.29, 1.82) is 0 Å². The molecule has 1 unspecified atom stereocenters. The van der Waals surface area contributed by atoms with Crippen LogP contribution >= 0.6 is 0 Å². The van der Waals surface area contributed by atoms with Gasteiger partial charge >= 0.3 is 29.6 Å². The molecule has 0 aliphatic carbocycles. The number of hydrogen-bond acceptors (Lipinski definition) is 4. The van der Waals surface area contributed by atoms with Gasteiger partial charge in [-0.3, -0.25) is 0 Å². The van der Waals surface area contributed by atoms with Gasteiger partial charge in [-0.15, -0.1) is 0 Å². The van der Waals surface area contributed by atoms with Crippen LogP contribution in [0.25, 0.3) is 0 Å². The van der Waals surface area contributed by atoms with Crippen molar-refractivity contribution in [2.45, 2.75) is 121 Å². The second kappa shape index (κ2) is 20.6. The first kappa shape index (κ1) is 29.1. The summed E-state index contributed by atoms with van der Waals surface area (Å²) in [6.07, 6.45) is 20.2.